The number of hydrogen-bond donors (Lipinski definition) is 2. The number of anilines is 1. The van der Waals surface area contributed by atoms with E-state index in [9.17, 15) is 8.42 Å². The summed E-state index contributed by atoms with van der Waals surface area (Å²) in [4.78, 5) is 0.230. The Hall–Kier alpha value is -1.82. The van der Waals surface area contributed by atoms with Gasteiger partial charge in [-0.15, -0.1) is 0 Å². The van der Waals surface area contributed by atoms with Crippen molar-refractivity contribution in [3.05, 3.63) is 71.3 Å². The zero-order chi connectivity index (χ0) is 19.1. The summed E-state index contributed by atoms with van der Waals surface area (Å²) >= 11 is 5.86. The fourth-order valence-corrected chi connectivity index (χ4v) is 5.72. The quantitative estimate of drug-likeness (QED) is 0.725. The Labute approximate surface area is 165 Å². The zero-order valence-corrected chi connectivity index (χ0v) is 16.6. The molecule has 2 aromatic carbocycles. The normalized spacial score (nSPS) is 24.2. The number of nitrogens with one attached hydrogen (secondary N) is 2. The Morgan fingerprint density at radius 3 is 2.70 bits per heavy atom. The topological polar surface area (TPSA) is 58.2 Å². The molecule has 1 heterocycles. The molecule has 2 aromatic rings. The maximum Gasteiger partial charge on any atom is 0.240 e. The largest absolute Gasteiger partial charge is 0.381 e. The Bertz CT molecular complexity index is 972. The van der Waals surface area contributed by atoms with Crippen LogP contribution in [-0.2, 0) is 15.4 Å². The summed E-state index contributed by atoms with van der Waals surface area (Å²) in [6, 6.07) is 14.8. The molecule has 1 saturated carbocycles. The molecule has 1 aliphatic carbocycles. The Morgan fingerprint density at radius 2 is 1.93 bits per heavy atom. The van der Waals surface area contributed by atoms with Crippen LogP contribution in [0.25, 0.3) is 0 Å². The lowest BCUT2D eigenvalue weighted by Gasteiger charge is -2.42. The van der Waals surface area contributed by atoms with Gasteiger partial charge in [-0.1, -0.05) is 42.0 Å². The molecule has 0 radical (unpaired) electrons. The number of fused-ring (bicyclic) bond motifs is 3. The summed E-state index contributed by atoms with van der Waals surface area (Å²) in [5.41, 5.74) is 3.37. The van der Waals surface area contributed by atoms with Gasteiger partial charge in [0.25, 0.3) is 0 Å². The third-order valence-corrected chi connectivity index (χ3v) is 7.60. The van der Waals surface area contributed by atoms with Crippen molar-refractivity contribution in [2.75, 3.05) is 11.9 Å². The fraction of sp³-hybridized carbons (Fsp3) is 0.333. The summed E-state index contributed by atoms with van der Waals surface area (Å²) in [6.45, 7) is 4.74. The van der Waals surface area contributed by atoms with Gasteiger partial charge in [0.05, 0.1) is 4.90 Å². The predicted molar refractivity (Wildman–Crippen MR) is 110 cm³/mol. The molecule has 0 bridgehead atoms. The minimum absolute atomic E-state index is 0.211. The van der Waals surface area contributed by atoms with Crippen LogP contribution in [0.4, 0.5) is 5.69 Å². The second kappa shape index (κ2) is 6.97. The highest BCUT2D eigenvalue weighted by Crippen LogP contribution is 2.52. The van der Waals surface area contributed by atoms with Gasteiger partial charge in [0, 0.05) is 28.7 Å². The minimum atomic E-state index is -3.56. The number of sulfonamides is 1. The van der Waals surface area contributed by atoms with Crippen LogP contribution in [0.5, 0.6) is 0 Å². The van der Waals surface area contributed by atoms with Crippen LogP contribution < -0.4 is 10.0 Å². The summed E-state index contributed by atoms with van der Waals surface area (Å²) in [6.07, 6.45) is 3.85. The summed E-state index contributed by atoms with van der Waals surface area (Å²) in [5.74, 6) is 0. The molecule has 4 rings (SSSR count). The van der Waals surface area contributed by atoms with Gasteiger partial charge in [-0.05, 0) is 61.6 Å². The standard InChI is InChI=1S/C21H23ClN2O2S/c1-15-5-4-8-20-21(15,18-6-2-3-7-19(18)24-20)13-14-23-27(25,26)17-11-9-16(22)10-12-17/h2-3,6-7,9-12,20,23-24H,1,4-5,8,13-14H2/t20-,21-/m0/s1. The average Bonchev–Trinajstić information content (AvgIpc) is 2.98. The molecule has 1 aliphatic heterocycles. The second-order valence-electron chi connectivity index (χ2n) is 7.31. The molecule has 0 amide bonds. The minimum Gasteiger partial charge on any atom is -0.381 e. The van der Waals surface area contributed by atoms with Crippen molar-refractivity contribution in [1.29, 1.82) is 0 Å². The summed E-state index contributed by atoms with van der Waals surface area (Å²) in [7, 11) is -3.56. The molecular weight excluding hydrogens is 380 g/mol. The maximum atomic E-state index is 12.6. The molecule has 27 heavy (non-hydrogen) atoms. The Balaban J connectivity index is 1.57. The smallest absolute Gasteiger partial charge is 0.240 e. The molecule has 2 aliphatic rings. The third-order valence-electron chi connectivity index (χ3n) is 5.87. The van der Waals surface area contributed by atoms with Gasteiger partial charge >= 0.3 is 0 Å². The molecule has 0 saturated heterocycles. The van der Waals surface area contributed by atoms with Crippen molar-refractivity contribution in [1.82, 2.24) is 4.72 Å². The van der Waals surface area contributed by atoms with Crippen LogP contribution in [0.2, 0.25) is 5.02 Å². The van der Waals surface area contributed by atoms with E-state index in [1.54, 1.807) is 12.1 Å². The average molecular weight is 403 g/mol. The first kappa shape index (κ1) is 18.5. The maximum absolute atomic E-state index is 12.6. The fourth-order valence-electron chi connectivity index (χ4n) is 4.56. The number of para-hydroxylation sites is 1. The van der Waals surface area contributed by atoms with Gasteiger partial charge in [0.2, 0.25) is 10.0 Å². The van der Waals surface area contributed by atoms with Crippen molar-refractivity contribution < 1.29 is 8.42 Å². The van der Waals surface area contributed by atoms with Gasteiger partial charge in [0.1, 0.15) is 0 Å². The van der Waals surface area contributed by atoms with Gasteiger partial charge in [-0.2, -0.15) is 0 Å². The SMILES string of the molecule is C=C1CCC[C@@H]2Nc3ccccc3[C@]12CCNS(=O)(=O)c1ccc(Cl)cc1. The van der Waals surface area contributed by atoms with Crippen molar-refractivity contribution >= 4 is 27.3 Å². The monoisotopic (exact) mass is 402 g/mol. The lowest BCUT2D eigenvalue weighted by Crippen LogP contribution is -2.45. The van der Waals surface area contributed by atoms with Crippen molar-refractivity contribution in [2.24, 2.45) is 0 Å². The number of halogens is 1. The number of rotatable bonds is 5. The van der Waals surface area contributed by atoms with Crippen molar-refractivity contribution in [3.8, 4) is 0 Å². The van der Waals surface area contributed by atoms with Crippen LogP contribution in [0.1, 0.15) is 31.2 Å². The Kier molecular flexibility index (Phi) is 4.78. The van der Waals surface area contributed by atoms with Gasteiger partial charge in [-0.25, -0.2) is 13.1 Å². The molecule has 0 unspecified atom stereocenters. The highest BCUT2D eigenvalue weighted by atomic mass is 35.5. The highest BCUT2D eigenvalue weighted by molar-refractivity contribution is 7.89. The second-order valence-corrected chi connectivity index (χ2v) is 9.51. The van der Waals surface area contributed by atoms with E-state index in [0.29, 0.717) is 18.0 Å². The van der Waals surface area contributed by atoms with E-state index >= 15 is 0 Å². The van der Waals surface area contributed by atoms with Gasteiger partial charge in [0.15, 0.2) is 0 Å². The predicted octanol–water partition coefficient (Wildman–Crippen LogP) is 4.48. The van der Waals surface area contributed by atoms with E-state index in [1.807, 2.05) is 12.1 Å². The van der Waals surface area contributed by atoms with Crippen LogP contribution in [-0.4, -0.2) is 21.0 Å². The first-order chi connectivity index (χ1) is 12.9. The molecule has 142 valence electrons. The molecule has 2 atom stereocenters. The summed E-state index contributed by atoms with van der Waals surface area (Å²) in [5, 5.41) is 4.16. The zero-order valence-electron chi connectivity index (χ0n) is 15.0. The van der Waals surface area contributed by atoms with Crippen molar-refractivity contribution in [3.63, 3.8) is 0 Å². The first-order valence-electron chi connectivity index (χ1n) is 9.23. The van der Waals surface area contributed by atoms with Gasteiger partial charge in [-0.3, -0.25) is 0 Å². The van der Waals surface area contributed by atoms with Crippen LogP contribution in [0.3, 0.4) is 0 Å². The number of hydrogen-bond acceptors (Lipinski definition) is 3. The van der Waals surface area contributed by atoms with Crippen LogP contribution >= 0.6 is 11.6 Å². The third kappa shape index (κ3) is 3.18. The first-order valence-corrected chi connectivity index (χ1v) is 11.1. The molecule has 6 heteroatoms. The molecule has 2 N–H and O–H groups in total. The van der Waals surface area contributed by atoms with Crippen LogP contribution in [0, 0.1) is 0 Å². The summed E-state index contributed by atoms with van der Waals surface area (Å²) < 4.78 is 28.0. The van der Waals surface area contributed by atoms with E-state index in [2.05, 4.69) is 28.8 Å². The Morgan fingerprint density at radius 1 is 1.19 bits per heavy atom. The van der Waals surface area contributed by atoms with E-state index < -0.39 is 10.0 Å². The van der Waals surface area contributed by atoms with E-state index in [1.165, 1.54) is 23.3 Å². The van der Waals surface area contributed by atoms with Crippen LogP contribution in [0.15, 0.2) is 65.6 Å². The van der Waals surface area contributed by atoms with E-state index in [0.717, 1.165) is 24.9 Å². The van der Waals surface area contributed by atoms with E-state index in [-0.39, 0.29) is 16.4 Å². The molecule has 1 fully saturated rings. The molecule has 0 aromatic heterocycles. The molecule has 4 nitrogen and oxygen atoms in total. The lowest BCUT2D eigenvalue weighted by atomic mass is 9.63. The van der Waals surface area contributed by atoms with Gasteiger partial charge < -0.3 is 5.32 Å². The van der Waals surface area contributed by atoms with Crippen molar-refractivity contribution in [2.45, 2.75) is 42.0 Å². The highest BCUT2D eigenvalue weighted by Gasteiger charge is 2.49. The number of benzene rings is 2. The molecule has 0 spiro atoms. The lowest BCUT2D eigenvalue weighted by molar-refractivity contribution is 0.344. The molecular formula is C21H23ClN2O2S. The van der Waals surface area contributed by atoms with E-state index in [4.69, 9.17) is 11.6 Å².